The van der Waals surface area contributed by atoms with Gasteiger partial charge < -0.3 is 14.8 Å². The second-order valence-corrected chi connectivity index (χ2v) is 6.92. The number of rotatable bonds is 9. The summed E-state index contributed by atoms with van der Waals surface area (Å²) in [6.07, 6.45) is 4.24. The van der Waals surface area contributed by atoms with Gasteiger partial charge in [-0.1, -0.05) is 0 Å². The number of methoxy groups -OCH3 is 2. The third-order valence-electron chi connectivity index (χ3n) is 4.18. The zero-order valence-electron chi connectivity index (χ0n) is 14.5. The number of nitrogens with zero attached hydrogens (tertiary/aromatic N) is 2. The Kier molecular flexibility index (Phi) is 5.88. The molecule has 2 aromatic rings. The first kappa shape index (κ1) is 17.7. The quantitative estimate of drug-likeness (QED) is 0.744. The molecule has 0 atom stereocenters. The van der Waals surface area contributed by atoms with Gasteiger partial charge in [0.25, 0.3) is 0 Å². The van der Waals surface area contributed by atoms with Gasteiger partial charge in [0.05, 0.1) is 27.3 Å². The average Bonchev–Trinajstić information content (AvgIpc) is 3.30. The monoisotopic (exact) mass is 361 g/mol. The Morgan fingerprint density at radius 3 is 2.84 bits per heavy atom. The molecule has 6 nitrogen and oxygen atoms in total. The number of nitrogens with one attached hydrogen (secondary N) is 1. The summed E-state index contributed by atoms with van der Waals surface area (Å²) < 4.78 is 10.7. The highest BCUT2D eigenvalue weighted by Crippen LogP contribution is 2.29. The Morgan fingerprint density at radius 1 is 1.36 bits per heavy atom. The van der Waals surface area contributed by atoms with Gasteiger partial charge >= 0.3 is 0 Å². The summed E-state index contributed by atoms with van der Waals surface area (Å²) in [5.41, 5.74) is 0.911. The molecule has 0 saturated heterocycles. The van der Waals surface area contributed by atoms with Crippen molar-refractivity contribution in [2.75, 3.05) is 32.2 Å². The lowest BCUT2D eigenvalue weighted by Gasteiger charge is -2.21. The van der Waals surface area contributed by atoms with Crippen molar-refractivity contribution in [3.8, 4) is 11.5 Å². The molecule has 3 rings (SSSR count). The smallest absolute Gasteiger partial charge is 0.243 e. The van der Waals surface area contributed by atoms with E-state index in [1.54, 1.807) is 25.3 Å². The van der Waals surface area contributed by atoms with Gasteiger partial charge in [0.2, 0.25) is 5.91 Å². The third kappa shape index (κ3) is 4.70. The number of ether oxygens (including phenoxy) is 2. The van der Waals surface area contributed by atoms with E-state index in [1.165, 1.54) is 24.2 Å². The van der Waals surface area contributed by atoms with Crippen LogP contribution in [-0.4, -0.2) is 38.2 Å². The fourth-order valence-electron chi connectivity index (χ4n) is 2.57. The molecule has 0 unspecified atom stereocenters. The molecule has 0 radical (unpaired) electrons. The standard InChI is InChI=1S/C18H23N3O3S/c1-23-15-6-5-14(16(9-15)24-2)12-21(18-20-7-8-25-18)17(22)11-19-10-13-3-4-13/h5-9,13,19H,3-4,10-12H2,1-2H3. The van der Waals surface area contributed by atoms with Crippen molar-refractivity contribution in [2.24, 2.45) is 5.92 Å². The molecule has 1 saturated carbocycles. The van der Waals surface area contributed by atoms with Gasteiger partial charge in [-0.05, 0) is 37.4 Å². The molecule has 0 aliphatic heterocycles. The minimum atomic E-state index is 0.00784. The van der Waals surface area contributed by atoms with E-state index >= 15 is 0 Å². The molecule has 25 heavy (non-hydrogen) atoms. The number of amides is 1. The van der Waals surface area contributed by atoms with Crippen LogP contribution >= 0.6 is 11.3 Å². The first-order valence-electron chi connectivity index (χ1n) is 8.32. The Morgan fingerprint density at radius 2 is 2.20 bits per heavy atom. The Balaban J connectivity index is 1.74. The van der Waals surface area contributed by atoms with Crippen LogP contribution in [0.1, 0.15) is 18.4 Å². The second-order valence-electron chi connectivity index (χ2n) is 6.05. The number of anilines is 1. The maximum Gasteiger partial charge on any atom is 0.243 e. The summed E-state index contributed by atoms with van der Waals surface area (Å²) in [5.74, 6) is 2.16. The minimum absolute atomic E-state index is 0.00784. The maximum atomic E-state index is 12.7. The van der Waals surface area contributed by atoms with Crippen molar-refractivity contribution in [2.45, 2.75) is 19.4 Å². The normalized spacial score (nSPS) is 13.5. The molecule has 1 amide bonds. The van der Waals surface area contributed by atoms with E-state index in [9.17, 15) is 4.79 Å². The van der Waals surface area contributed by atoms with Gasteiger partial charge in [-0.25, -0.2) is 4.98 Å². The highest BCUT2D eigenvalue weighted by atomic mass is 32.1. The minimum Gasteiger partial charge on any atom is -0.497 e. The molecule has 0 bridgehead atoms. The van der Waals surface area contributed by atoms with Gasteiger partial charge in [-0.2, -0.15) is 0 Å². The lowest BCUT2D eigenvalue weighted by molar-refractivity contribution is -0.117. The Bertz CT molecular complexity index is 702. The van der Waals surface area contributed by atoms with Crippen molar-refractivity contribution in [1.82, 2.24) is 10.3 Å². The number of benzene rings is 1. The summed E-state index contributed by atoms with van der Waals surface area (Å²) >= 11 is 1.45. The van der Waals surface area contributed by atoms with Crippen molar-refractivity contribution in [3.05, 3.63) is 35.3 Å². The summed E-state index contributed by atoms with van der Waals surface area (Å²) in [7, 11) is 3.23. The topological polar surface area (TPSA) is 63.7 Å². The van der Waals surface area contributed by atoms with E-state index < -0.39 is 0 Å². The molecule has 1 aromatic carbocycles. The number of thiazole rings is 1. The maximum absolute atomic E-state index is 12.7. The zero-order chi connectivity index (χ0) is 17.6. The van der Waals surface area contributed by atoms with Gasteiger partial charge in [0.1, 0.15) is 11.5 Å². The van der Waals surface area contributed by atoms with Crippen LogP contribution in [0.2, 0.25) is 0 Å². The summed E-state index contributed by atoms with van der Waals surface area (Å²) in [6.45, 7) is 1.63. The van der Waals surface area contributed by atoms with E-state index in [1.807, 2.05) is 23.6 Å². The molecule has 1 aromatic heterocycles. The van der Waals surface area contributed by atoms with Crippen molar-refractivity contribution in [1.29, 1.82) is 0 Å². The predicted octanol–water partition coefficient (Wildman–Crippen LogP) is 2.69. The van der Waals surface area contributed by atoms with Crippen molar-refractivity contribution < 1.29 is 14.3 Å². The lowest BCUT2D eigenvalue weighted by Crippen LogP contribution is -2.38. The van der Waals surface area contributed by atoms with Crippen LogP contribution in [-0.2, 0) is 11.3 Å². The SMILES string of the molecule is COc1ccc(CN(C(=O)CNCC2CC2)c2nccs2)c(OC)c1. The number of aromatic nitrogens is 1. The first-order chi connectivity index (χ1) is 12.2. The van der Waals surface area contributed by atoms with Gasteiger partial charge in [0.15, 0.2) is 5.13 Å². The first-order valence-corrected chi connectivity index (χ1v) is 9.20. The highest BCUT2D eigenvalue weighted by Gasteiger charge is 2.23. The molecular weight excluding hydrogens is 338 g/mol. The van der Waals surface area contributed by atoms with E-state index in [-0.39, 0.29) is 5.91 Å². The Labute approximate surface area is 151 Å². The number of carbonyl (C=O) groups is 1. The predicted molar refractivity (Wildman–Crippen MR) is 98.4 cm³/mol. The van der Waals surface area contributed by atoms with Crippen LogP contribution in [0.5, 0.6) is 11.5 Å². The summed E-state index contributed by atoms with van der Waals surface area (Å²) in [5, 5.41) is 5.82. The zero-order valence-corrected chi connectivity index (χ0v) is 15.3. The molecule has 1 fully saturated rings. The average molecular weight is 361 g/mol. The van der Waals surface area contributed by atoms with Crippen molar-refractivity contribution >= 4 is 22.4 Å². The summed E-state index contributed by atoms with van der Waals surface area (Å²) in [4.78, 5) is 18.7. The van der Waals surface area contributed by atoms with Crippen LogP contribution < -0.4 is 19.7 Å². The van der Waals surface area contributed by atoms with Crippen LogP contribution in [0.3, 0.4) is 0 Å². The third-order valence-corrected chi connectivity index (χ3v) is 4.97. The Hall–Kier alpha value is -2.12. The van der Waals surface area contributed by atoms with Gasteiger partial charge in [0, 0.05) is 23.2 Å². The van der Waals surface area contributed by atoms with E-state index in [0.29, 0.717) is 24.0 Å². The van der Waals surface area contributed by atoms with Gasteiger partial charge in [-0.15, -0.1) is 11.3 Å². The molecule has 134 valence electrons. The summed E-state index contributed by atoms with van der Waals surface area (Å²) in [6, 6.07) is 5.61. The van der Waals surface area contributed by atoms with Crippen LogP contribution in [0, 0.1) is 5.92 Å². The number of hydrogen-bond donors (Lipinski definition) is 1. The fraction of sp³-hybridized carbons (Fsp3) is 0.444. The molecule has 1 heterocycles. The second kappa shape index (κ2) is 8.31. The molecule has 1 aliphatic rings. The van der Waals surface area contributed by atoms with E-state index in [4.69, 9.17) is 9.47 Å². The fourth-order valence-corrected chi connectivity index (χ4v) is 3.22. The van der Waals surface area contributed by atoms with E-state index in [2.05, 4.69) is 10.3 Å². The largest absolute Gasteiger partial charge is 0.497 e. The molecule has 1 aliphatic carbocycles. The number of carbonyl (C=O) groups excluding carboxylic acids is 1. The highest BCUT2D eigenvalue weighted by molar-refractivity contribution is 7.13. The van der Waals surface area contributed by atoms with E-state index in [0.717, 1.165) is 23.8 Å². The lowest BCUT2D eigenvalue weighted by atomic mass is 10.1. The van der Waals surface area contributed by atoms with Gasteiger partial charge in [-0.3, -0.25) is 9.69 Å². The molecule has 7 heteroatoms. The van der Waals surface area contributed by atoms with Crippen molar-refractivity contribution in [3.63, 3.8) is 0 Å². The molecule has 0 spiro atoms. The molecule has 1 N–H and O–H groups in total. The van der Waals surface area contributed by atoms with Crippen LogP contribution in [0.4, 0.5) is 5.13 Å². The number of hydrogen-bond acceptors (Lipinski definition) is 6. The van der Waals surface area contributed by atoms with Crippen LogP contribution in [0.25, 0.3) is 0 Å². The van der Waals surface area contributed by atoms with Crippen LogP contribution in [0.15, 0.2) is 29.8 Å². The molecular formula is C18H23N3O3S.